The molecule has 1 aromatic heterocycles. The fourth-order valence-electron chi connectivity index (χ4n) is 0.906. The van der Waals surface area contributed by atoms with Crippen LogP contribution < -0.4 is 0 Å². The number of aliphatic carboxylic acids is 1. The first kappa shape index (κ1) is 8.93. The quantitative estimate of drug-likeness (QED) is 0.721. The number of carbonyl (C=O) groups excluding carboxylic acids is 1. The van der Waals surface area contributed by atoms with Crippen LogP contribution in [0, 0.1) is 0 Å². The largest absolute Gasteiger partial charge is 0.481 e. The molecule has 0 amide bonds. The average molecular weight is 184 g/mol. The Morgan fingerprint density at radius 3 is 2.92 bits per heavy atom. The van der Waals surface area contributed by atoms with Crippen LogP contribution in [0.3, 0.4) is 0 Å². The van der Waals surface area contributed by atoms with Gasteiger partial charge in [-0.1, -0.05) is 6.07 Å². The van der Waals surface area contributed by atoms with Gasteiger partial charge in [0.2, 0.25) is 0 Å². The Morgan fingerprint density at radius 1 is 1.75 bits per heavy atom. The van der Waals surface area contributed by atoms with E-state index >= 15 is 0 Å². The summed E-state index contributed by atoms with van der Waals surface area (Å²) in [5, 5.41) is 10.3. The number of hydrogen-bond acceptors (Lipinski definition) is 3. The van der Waals surface area contributed by atoms with Gasteiger partial charge in [-0.25, -0.2) is 0 Å². The summed E-state index contributed by atoms with van der Waals surface area (Å²) in [6, 6.07) is 3.57. The molecule has 64 valence electrons. The molecule has 0 aliphatic carbocycles. The van der Waals surface area contributed by atoms with E-state index in [0.717, 1.165) is 4.88 Å². The molecule has 0 saturated carbocycles. The van der Waals surface area contributed by atoms with Crippen molar-refractivity contribution in [1.29, 1.82) is 0 Å². The fourth-order valence-corrected chi connectivity index (χ4v) is 1.69. The Kier molecular flexibility index (Phi) is 2.99. The van der Waals surface area contributed by atoms with Crippen LogP contribution in [-0.4, -0.2) is 17.4 Å². The summed E-state index contributed by atoms with van der Waals surface area (Å²) < 4.78 is 0. The van der Waals surface area contributed by atoms with E-state index in [1.165, 1.54) is 11.3 Å². The third kappa shape index (κ3) is 2.17. The summed E-state index contributed by atoms with van der Waals surface area (Å²) >= 11 is 1.40. The van der Waals surface area contributed by atoms with Crippen molar-refractivity contribution in [3.63, 3.8) is 0 Å². The van der Waals surface area contributed by atoms with E-state index in [4.69, 9.17) is 5.11 Å². The lowest BCUT2D eigenvalue weighted by Crippen LogP contribution is -2.05. The van der Waals surface area contributed by atoms with Gasteiger partial charge in [0.05, 0.1) is 12.3 Å². The molecular weight excluding hydrogens is 176 g/mol. The first-order valence-electron chi connectivity index (χ1n) is 3.44. The predicted octanol–water partition coefficient (Wildman–Crippen LogP) is 1.51. The third-order valence-electron chi connectivity index (χ3n) is 1.47. The van der Waals surface area contributed by atoms with E-state index in [1.807, 2.05) is 5.38 Å². The number of aldehydes is 1. The van der Waals surface area contributed by atoms with Crippen molar-refractivity contribution < 1.29 is 14.7 Å². The Labute approximate surface area is 73.6 Å². The molecule has 1 rings (SSSR count). The van der Waals surface area contributed by atoms with Crippen molar-refractivity contribution in [2.24, 2.45) is 0 Å². The second kappa shape index (κ2) is 4.01. The number of carboxylic acid groups (broad SMARTS) is 1. The standard InChI is InChI=1S/C8H8O3S/c9-5-6(4-8(10)11)7-2-1-3-12-7/h1-3,5-6H,4H2,(H,10,11)/t6-/m1/s1. The van der Waals surface area contributed by atoms with Crippen molar-refractivity contribution in [1.82, 2.24) is 0 Å². The SMILES string of the molecule is O=C[C@@H](CC(=O)O)c1cccs1. The van der Waals surface area contributed by atoms with E-state index in [-0.39, 0.29) is 6.42 Å². The Balaban J connectivity index is 2.69. The normalized spacial score (nSPS) is 12.3. The highest BCUT2D eigenvalue weighted by Crippen LogP contribution is 2.22. The van der Waals surface area contributed by atoms with Crippen LogP contribution >= 0.6 is 11.3 Å². The zero-order chi connectivity index (χ0) is 8.97. The molecule has 1 atom stereocenters. The van der Waals surface area contributed by atoms with Gasteiger partial charge >= 0.3 is 5.97 Å². The maximum Gasteiger partial charge on any atom is 0.304 e. The molecule has 3 nitrogen and oxygen atoms in total. The highest BCUT2D eigenvalue weighted by Gasteiger charge is 2.14. The number of rotatable bonds is 4. The topological polar surface area (TPSA) is 54.4 Å². The summed E-state index contributed by atoms with van der Waals surface area (Å²) in [6.45, 7) is 0. The van der Waals surface area contributed by atoms with Gasteiger partial charge in [-0.15, -0.1) is 11.3 Å². The minimum Gasteiger partial charge on any atom is -0.481 e. The third-order valence-corrected chi connectivity index (χ3v) is 2.47. The average Bonchev–Trinajstić information content (AvgIpc) is 2.51. The second-order valence-corrected chi connectivity index (χ2v) is 3.34. The van der Waals surface area contributed by atoms with E-state index in [0.29, 0.717) is 6.29 Å². The van der Waals surface area contributed by atoms with Crippen molar-refractivity contribution in [2.45, 2.75) is 12.3 Å². The lowest BCUT2D eigenvalue weighted by molar-refractivity contribution is -0.138. The summed E-state index contributed by atoms with van der Waals surface area (Å²) in [4.78, 5) is 21.6. The van der Waals surface area contributed by atoms with E-state index in [9.17, 15) is 9.59 Å². The Morgan fingerprint density at radius 2 is 2.50 bits per heavy atom. The van der Waals surface area contributed by atoms with Crippen LogP contribution in [-0.2, 0) is 9.59 Å². The number of thiophene rings is 1. The molecule has 0 aromatic carbocycles. The highest BCUT2D eigenvalue weighted by atomic mass is 32.1. The summed E-state index contributed by atoms with van der Waals surface area (Å²) in [7, 11) is 0. The van der Waals surface area contributed by atoms with Crippen LogP contribution in [0.4, 0.5) is 0 Å². The molecule has 0 bridgehead atoms. The van der Waals surface area contributed by atoms with Gasteiger partial charge in [0.15, 0.2) is 0 Å². The van der Waals surface area contributed by atoms with Gasteiger partial charge < -0.3 is 9.90 Å². The molecular formula is C8H8O3S. The van der Waals surface area contributed by atoms with Gasteiger partial charge in [-0.05, 0) is 11.4 Å². The highest BCUT2D eigenvalue weighted by molar-refractivity contribution is 7.10. The molecule has 1 aromatic rings. The smallest absolute Gasteiger partial charge is 0.304 e. The Bertz CT molecular complexity index is 266. The van der Waals surface area contributed by atoms with Crippen LogP contribution in [0.2, 0.25) is 0 Å². The summed E-state index contributed by atoms with van der Waals surface area (Å²) in [5.41, 5.74) is 0. The van der Waals surface area contributed by atoms with Gasteiger partial charge in [-0.2, -0.15) is 0 Å². The van der Waals surface area contributed by atoms with Gasteiger partial charge in [0.25, 0.3) is 0 Å². The second-order valence-electron chi connectivity index (χ2n) is 2.36. The maximum atomic E-state index is 10.5. The number of carboxylic acids is 1. The summed E-state index contributed by atoms with van der Waals surface area (Å²) in [5.74, 6) is -1.43. The molecule has 4 heteroatoms. The van der Waals surface area contributed by atoms with Crippen molar-refractivity contribution in [2.75, 3.05) is 0 Å². The summed E-state index contributed by atoms with van der Waals surface area (Å²) in [6.07, 6.45) is 0.559. The molecule has 12 heavy (non-hydrogen) atoms. The number of carbonyl (C=O) groups is 2. The van der Waals surface area contributed by atoms with Crippen LogP contribution in [0.1, 0.15) is 17.2 Å². The van der Waals surface area contributed by atoms with E-state index < -0.39 is 11.9 Å². The van der Waals surface area contributed by atoms with Crippen molar-refractivity contribution >= 4 is 23.6 Å². The lowest BCUT2D eigenvalue weighted by atomic mass is 10.1. The van der Waals surface area contributed by atoms with Gasteiger partial charge in [0.1, 0.15) is 6.29 Å². The van der Waals surface area contributed by atoms with Crippen LogP contribution in [0.25, 0.3) is 0 Å². The van der Waals surface area contributed by atoms with Crippen LogP contribution in [0.15, 0.2) is 17.5 Å². The molecule has 0 spiro atoms. The molecule has 0 radical (unpaired) electrons. The first-order chi connectivity index (χ1) is 5.74. The van der Waals surface area contributed by atoms with Crippen molar-refractivity contribution in [3.8, 4) is 0 Å². The molecule has 0 saturated heterocycles. The lowest BCUT2D eigenvalue weighted by Gasteiger charge is -2.02. The molecule has 0 fully saturated rings. The van der Waals surface area contributed by atoms with Crippen molar-refractivity contribution in [3.05, 3.63) is 22.4 Å². The minimum atomic E-state index is -0.944. The Hall–Kier alpha value is -1.16. The molecule has 1 heterocycles. The van der Waals surface area contributed by atoms with Crippen LogP contribution in [0.5, 0.6) is 0 Å². The molecule has 0 aliphatic heterocycles. The monoisotopic (exact) mass is 184 g/mol. The maximum absolute atomic E-state index is 10.5. The van der Waals surface area contributed by atoms with Gasteiger partial charge in [-0.3, -0.25) is 4.79 Å². The zero-order valence-corrected chi connectivity index (χ0v) is 7.08. The minimum absolute atomic E-state index is 0.121. The molecule has 1 N–H and O–H groups in total. The zero-order valence-electron chi connectivity index (χ0n) is 6.27. The molecule has 0 aliphatic rings. The first-order valence-corrected chi connectivity index (χ1v) is 4.32. The van der Waals surface area contributed by atoms with Gasteiger partial charge in [0, 0.05) is 4.88 Å². The predicted molar refractivity (Wildman–Crippen MR) is 45.4 cm³/mol. The number of hydrogen-bond donors (Lipinski definition) is 1. The molecule has 0 unspecified atom stereocenters. The van der Waals surface area contributed by atoms with E-state index in [1.54, 1.807) is 12.1 Å². The fraction of sp³-hybridized carbons (Fsp3) is 0.250. The van der Waals surface area contributed by atoms with E-state index in [2.05, 4.69) is 0 Å².